The number of aryl methyl sites for hydroxylation is 1. The first-order valence-corrected chi connectivity index (χ1v) is 7.11. The molecule has 0 aliphatic heterocycles. The van der Waals surface area contributed by atoms with Crippen LogP contribution in [-0.4, -0.2) is 21.0 Å². The summed E-state index contributed by atoms with van der Waals surface area (Å²) in [4.78, 5) is 10.5. The molecule has 0 saturated heterocycles. The lowest BCUT2D eigenvalue weighted by atomic mass is 10.1. The molecule has 0 radical (unpaired) electrons. The molecule has 19 heavy (non-hydrogen) atoms. The fraction of sp³-hybridized carbons (Fsp3) is 0.333. The summed E-state index contributed by atoms with van der Waals surface area (Å²) in [5.41, 5.74) is 1.49. The van der Waals surface area contributed by atoms with Gasteiger partial charge in [0.05, 0.1) is 4.92 Å². The first-order chi connectivity index (χ1) is 9.13. The zero-order chi connectivity index (χ0) is 13.8. The van der Waals surface area contributed by atoms with E-state index in [4.69, 9.17) is 11.6 Å². The standard InChI is InChI=1S/C12H12ClN3O2S/c1-8-9(4-2-5-10(8)16(17)18)12-15-14-11(19-12)6-3-7-13/h2,4-5H,3,6-7H2,1H3. The summed E-state index contributed by atoms with van der Waals surface area (Å²) in [6.45, 7) is 1.73. The molecule has 0 spiro atoms. The number of hydrogen-bond donors (Lipinski definition) is 0. The topological polar surface area (TPSA) is 68.9 Å². The van der Waals surface area contributed by atoms with Gasteiger partial charge in [-0.1, -0.05) is 23.5 Å². The van der Waals surface area contributed by atoms with Gasteiger partial charge in [-0.2, -0.15) is 0 Å². The largest absolute Gasteiger partial charge is 0.273 e. The predicted octanol–water partition coefficient (Wildman–Crippen LogP) is 3.59. The number of rotatable bonds is 5. The normalized spacial score (nSPS) is 10.6. The average molecular weight is 298 g/mol. The number of nitro groups is 1. The van der Waals surface area contributed by atoms with E-state index in [1.165, 1.54) is 17.4 Å². The summed E-state index contributed by atoms with van der Waals surface area (Å²) in [6, 6.07) is 4.99. The van der Waals surface area contributed by atoms with Gasteiger partial charge in [0, 0.05) is 29.5 Å². The lowest BCUT2D eigenvalue weighted by Gasteiger charge is -2.01. The molecule has 1 heterocycles. The summed E-state index contributed by atoms with van der Waals surface area (Å²) in [5.74, 6) is 0.588. The molecule has 7 heteroatoms. The Labute approximate surface area is 119 Å². The van der Waals surface area contributed by atoms with E-state index in [1.807, 2.05) is 6.07 Å². The monoisotopic (exact) mass is 297 g/mol. The van der Waals surface area contributed by atoms with Gasteiger partial charge in [0.25, 0.3) is 5.69 Å². The van der Waals surface area contributed by atoms with Crippen LogP contribution in [0.4, 0.5) is 5.69 Å². The van der Waals surface area contributed by atoms with Crippen LogP contribution in [-0.2, 0) is 6.42 Å². The highest BCUT2D eigenvalue weighted by Gasteiger charge is 2.16. The Bertz CT molecular complexity index is 600. The van der Waals surface area contributed by atoms with Crippen LogP contribution in [0.2, 0.25) is 0 Å². The molecular formula is C12H12ClN3O2S. The average Bonchev–Trinajstić information content (AvgIpc) is 2.84. The van der Waals surface area contributed by atoms with Crippen LogP contribution >= 0.6 is 22.9 Å². The predicted molar refractivity (Wildman–Crippen MR) is 75.8 cm³/mol. The van der Waals surface area contributed by atoms with Crippen molar-refractivity contribution in [1.29, 1.82) is 0 Å². The van der Waals surface area contributed by atoms with Gasteiger partial charge >= 0.3 is 0 Å². The van der Waals surface area contributed by atoms with Crippen LogP contribution in [0.5, 0.6) is 0 Å². The van der Waals surface area contributed by atoms with Crippen molar-refractivity contribution in [1.82, 2.24) is 10.2 Å². The summed E-state index contributed by atoms with van der Waals surface area (Å²) in [5, 5.41) is 20.7. The maximum absolute atomic E-state index is 10.9. The van der Waals surface area contributed by atoms with E-state index in [1.54, 1.807) is 13.0 Å². The van der Waals surface area contributed by atoms with E-state index in [0.717, 1.165) is 23.4 Å². The van der Waals surface area contributed by atoms with Crippen molar-refractivity contribution < 1.29 is 4.92 Å². The summed E-state index contributed by atoms with van der Waals surface area (Å²) >= 11 is 7.09. The lowest BCUT2D eigenvalue weighted by molar-refractivity contribution is -0.385. The van der Waals surface area contributed by atoms with E-state index < -0.39 is 0 Å². The smallest absolute Gasteiger partial charge is 0.258 e. The summed E-state index contributed by atoms with van der Waals surface area (Å²) in [7, 11) is 0. The number of aromatic nitrogens is 2. The molecule has 5 nitrogen and oxygen atoms in total. The van der Waals surface area contributed by atoms with Crippen LogP contribution in [0.3, 0.4) is 0 Å². The molecule has 0 aliphatic rings. The number of benzene rings is 1. The molecule has 0 bridgehead atoms. The van der Waals surface area contributed by atoms with Crippen LogP contribution in [0.25, 0.3) is 10.6 Å². The van der Waals surface area contributed by atoms with Crippen molar-refractivity contribution in [3.63, 3.8) is 0 Å². The Morgan fingerprint density at radius 1 is 1.42 bits per heavy atom. The third kappa shape index (κ3) is 3.08. The highest BCUT2D eigenvalue weighted by atomic mass is 35.5. The maximum atomic E-state index is 10.9. The molecule has 100 valence electrons. The Hall–Kier alpha value is -1.53. The third-order valence-corrected chi connectivity index (χ3v) is 4.01. The fourth-order valence-electron chi connectivity index (χ4n) is 1.73. The molecule has 2 aromatic rings. The van der Waals surface area contributed by atoms with E-state index in [0.29, 0.717) is 16.5 Å². The van der Waals surface area contributed by atoms with Crippen LogP contribution in [0.15, 0.2) is 18.2 Å². The molecule has 0 N–H and O–H groups in total. The molecule has 2 rings (SSSR count). The fourth-order valence-corrected chi connectivity index (χ4v) is 2.83. The first-order valence-electron chi connectivity index (χ1n) is 5.76. The minimum Gasteiger partial charge on any atom is -0.258 e. The van der Waals surface area contributed by atoms with Crippen molar-refractivity contribution in [3.8, 4) is 10.6 Å². The van der Waals surface area contributed by atoms with Gasteiger partial charge in [-0.25, -0.2) is 0 Å². The molecule has 0 atom stereocenters. The molecular weight excluding hydrogens is 286 g/mol. The molecule has 0 fully saturated rings. The van der Waals surface area contributed by atoms with Crippen molar-refractivity contribution in [2.75, 3.05) is 5.88 Å². The number of nitro benzene ring substituents is 1. The van der Waals surface area contributed by atoms with E-state index in [2.05, 4.69) is 10.2 Å². The van der Waals surface area contributed by atoms with E-state index >= 15 is 0 Å². The van der Waals surface area contributed by atoms with Gasteiger partial charge in [0.15, 0.2) is 0 Å². The van der Waals surface area contributed by atoms with Crippen molar-refractivity contribution in [2.24, 2.45) is 0 Å². The minimum atomic E-state index is -0.381. The van der Waals surface area contributed by atoms with E-state index in [-0.39, 0.29) is 10.6 Å². The van der Waals surface area contributed by atoms with Gasteiger partial charge in [-0.05, 0) is 13.3 Å². The highest BCUT2D eigenvalue weighted by Crippen LogP contribution is 2.31. The van der Waals surface area contributed by atoms with Crippen LogP contribution in [0, 0.1) is 17.0 Å². The molecule has 0 saturated carbocycles. The number of halogens is 1. The molecule has 0 aliphatic carbocycles. The van der Waals surface area contributed by atoms with Crippen molar-refractivity contribution >= 4 is 28.6 Å². The van der Waals surface area contributed by atoms with Gasteiger partial charge in [-0.3, -0.25) is 10.1 Å². The highest BCUT2D eigenvalue weighted by molar-refractivity contribution is 7.14. The molecule has 0 unspecified atom stereocenters. The SMILES string of the molecule is Cc1c(-c2nnc(CCCCl)s2)cccc1[N+](=O)[O-]. The van der Waals surface area contributed by atoms with E-state index in [9.17, 15) is 10.1 Å². The second-order valence-corrected chi connectivity index (χ2v) is 5.44. The Balaban J connectivity index is 2.34. The van der Waals surface area contributed by atoms with Crippen molar-refractivity contribution in [2.45, 2.75) is 19.8 Å². The second-order valence-electron chi connectivity index (χ2n) is 4.00. The summed E-state index contributed by atoms with van der Waals surface area (Å²) < 4.78 is 0. The summed E-state index contributed by atoms with van der Waals surface area (Å²) in [6.07, 6.45) is 1.64. The Morgan fingerprint density at radius 2 is 2.21 bits per heavy atom. The molecule has 1 aromatic carbocycles. The Kier molecular flexibility index (Phi) is 4.44. The number of nitrogens with zero attached hydrogens (tertiary/aromatic N) is 3. The van der Waals surface area contributed by atoms with Crippen molar-refractivity contribution in [3.05, 3.63) is 38.9 Å². The Morgan fingerprint density at radius 3 is 2.89 bits per heavy atom. The lowest BCUT2D eigenvalue weighted by Crippen LogP contribution is -1.93. The second kappa shape index (κ2) is 6.08. The van der Waals surface area contributed by atoms with Gasteiger partial charge in [-0.15, -0.1) is 21.8 Å². The first kappa shape index (κ1) is 13.9. The minimum absolute atomic E-state index is 0.106. The van der Waals surface area contributed by atoms with Crippen LogP contribution < -0.4 is 0 Å². The maximum Gasteiger partial charge on any atom is 0.273 e. The quantitative estimate of drug-likeness (QED) is 0.480. The number of hydrogen-bond acceptors (Lipinski definition) is 5. The van der Waals surface area contributed by atoms with Crippen LogP contribution in [0.1, 0.15) is 17.0 Å². The zero-order valence-corrected chi connectivity index (χ0v) is 11.9. The number of alkyl halides is 1. The van der Waals surface area contributed by atoms with Gasteiger partial charge in [0.2, 0.25) is 0 Å². The molecule has 1 aromatic heterocycles. The zero-order valence-electron chi connectivity index (χ0n) is 10.3. The molecule has 0 amide bonds. The van der Waals surface area contributed by atoms with Gasteiger partial charge < -0.3 is 0 Å². The van der Waals surface area contributed by atoms with Gasteiger partial charge in [0.1, 0.15) is 10.0 Å². The third-order valence-electron chi connectivity index (χ3n) is 2.72.